The van der Waals surface area contributed by atoms with Crippen LogP contribution in [0.4, 0.5) is 5.95 Å². The maximum atomic E-state index is 9.24. The molecular formula is C15H25ClN4O. The highest BCUT2D eigenvalue weighted by molar-refractivity contribution is 5.85. The average molecular weight is 313 g/mol. The fourth-order valence-corrected chi connectivity index (χ4v) is 2.86. The number of nitrogens with zero attached hydrogens (tertiary/aromatic N) is 3. The molecule has 0 aliphatic carbocycles. The number of hydrogen-bond acceptors (Lipinski definition) is 4. The molecule has 2 aromatic rings. The first-order valence-corrected chi connectivity index (χ1v) is 7.23. The lowest BCUT2D eigenvalue weighted by molar-refractivity contribution is 0.235. The lowest BCUT2D eigenvalue weighted by atomic mass is 10.0. The number of aromatic nitrogens is 2. The van der Waals surface area contributed by atoms with E-state index in [4.69, 9.17) is 5.73 Å². The summed E-state index contributed by atoms with van der Waals surface area (Å²) in [5.41, 5.74) is 9.12. The minimum Gasteiger partial charge on any atom is -0.395 e. The van der Waals surface area contributed by atoms with Gasteiger partial charge in [0.1, 0.15) is 0 Å². The summed E-state index contributed by atoms with van der Waals surface area (Å²) in [5, 5.41) is 9.24. The molecule has 0 spiro atoms. The van der Waals surface area contributed by atoms with E-state index in [0.717, 1.165) is 24.1 Å². The molecule has 0 saturated heterocycles. The molecule has 5 nitrogen and oxygen atoms in total. The van der Waals surface area contributed by atoms with Gasteiger partial charge in [0.25, 0.3) is 0 Å². The van der Waals surface area contributed by atoms with E-state index in [-0.39, 0.29) is 19.0 Å². The second-order valence-electron chi connectivity index (χ2n) is 4.96. The van der Waals surface area contributed by atoms with E-state index in [0.29, 0.717) is 18.5 Å². The minimum absolute atomic E-state index is 0. The average Bonchev–Trinajstić information content (AvgIpc) is 2.76. The molecule has 0 radical (unpaired) electrons. The molecule has 0 aliphatic heterocycles. The van der Waals surface area contributed by atoms with E-state index >= 15 is 0 Å². The lowest BCUT2D eigenvalue weighted by Gasteiger charge is -2.27. The summed E-state index contributed by atoms with van der Waals surface area (Å²) < 4.78 is 1.91. The first-order chi connectivity index (χ1) is 9.63. The zero-order chi connectivity index (χ0) is 14.7. The van der Waals surface area contributed by atoms with Gasteiger partial charge in [-0.3, -0.25) is 4.90 Å². The highest BCUT2D eigenvalue weighted by atomic mass is 35.5. The molecule has 1 atom stereocenters. The van der Waals surface area contributed by atoms with Crippen molar-refractivity contribution in [3.63, 3.8) is 0 Å². The molecule has 1 unspecified atom stereocenters. The van der Waals surface area contributed by atoms with Crippen LogP contribution in [0.15, 0.2) is 18.2 Å². The number of nitrogens with two attached hydrogens (primary N) is 1. The zero-order valence-electron chi connectivity index (χ0n) is 12.9. The maximum absolute atomic E-state index is 9.24. The molecule has 0 amide bonds. The molecule has 0 aliphatic rings. The summed E-state index contributed by atoms with van der Waals surface area (Å²) in [4.78, 5) is 6.79. The number of aliphatic hydroxyl groups is 1. The number of benzene rings is 1. The van der Waals surface area contributed by atoms with Crippen LogP contribution in [0.2, 0.25) is 0 Å². The maximum Gasteiger partial charge on any atom is 0.201 e. The van der Waals surface area contributed by atoms with E-state index in [1.165, 1.54) is 5.56 Å². The van der Waals surface area contributed by atoms with E-state index in [9.17, 15) is 5.11 Å². The third-order valence-electron chi connectivity index (χ3n) is 3.96. The largest absolute Gasteiger partial charge is 0.395 e. The van der Waals surface area contributed by atoms with Gasteiger partial charge < -0.3 is 15.4 Å². The Morgan fingerprint density at radius 1 is 1.33 bits per heavy atom. The Morgan fingerprint density at radius 2 is 2.00 bits per heavy atom. The Labute approximate surface area is 132 Å². The second kappa shape index (κ2) is 7.64. The van der Waals surface area contributed by atoms with Gasteiger partial charge in [-0.2, -0.15) is 0 Å². The van der Waals surface area contributed by atoms with Gasteiger partial charge in [-0.25, -0.2) is 4.98 Å². The van der Waals surface area contributed by atoms with Gasteiger partial charge in [0.15, 0.2) is 0 Å². The van der Waals surface area contributed by atoms with Crippen LogP contribution >= 0.6 is 12.4 Å². The van der Waals surface area contributed by atoms with Gasteiger partial charge in [0.05, 0.1) is 17.6 Å². The number of para-hydroxylation sites is 1. The number of halogens is 1. The number of fused-ring (bicyclic) bond motifs is 1. The van der Waals surface area contributed by atoms with Crippen molar-refractivity contribution >= 4 is 29.4 Å². The minimum atomic E-state index is 0. The predicted octanol–water partition coefficient (Wildman–Crippen LogP) is 2.44. The van der Waals surface area contributed by atoms with Crippen LogP contribution < -0.4 is 5.73 Å². The molecule has 118 valence electrons. The summed E-state index contributed by atoms with van der Waals surface area (Å²) in [6, 6.07) is 6.41. The predicted molar refractivity (Wildman–Crippen MR) is 89.8 cm³/mol. The number of aliphatic hydroxyl groups excluding tert-OH is 1. The van der Waals surface area contributed by atoms with Gasteiger partial charge in [-0.05, 0) is 31.6 Å². The molecule has 21 heavy (non-hydrogen) atoms. The van der Waals surface area contributed by atoms with Crippen molar-refractivity contribution in [3.8, 4) is 0 Å². The molecule has 0 bridgehead atoms. The summed E-state index contributed by atoms with van der Waals surface area (Å²) >= 11 is 0. The first-order valence-electron chi connectivity index (χ1n) is 7.23. The Bertz CT molecular complexity index is 580. The van der Waals surface area contributed by atoms with E-state index in [1.807, 2.05) is 16.7 Å². The number of imidazole rings is 1. The van der Waals surface area contributed by atoms with Crippen molar-refractivity contribution in [3.05, 3.63) is 23.8 Å². The SMILES string of the molecule is CCN(CC)C(C)c1cccc2nc(N)n(CCO)c12.Cl. The van der Waals surface area contributed by atoms with E-state index < -0.39 is 0 Å². The molecule has 1 heterocycles. The fourth-order valence-electron chi connectivity index (χ4n) is 2.86. The van der Waals surface area contributed by atoms with Crippen LogP contribution in [0.1, 0.15) is 32.4 Å². The van der Waals surface area contributed by atoms with Crippen molar-refractivity contribution in [1.82, 2.24) is 14.5 Å². The highest BCUT2D eigenvalue weighted by Gasteiger charge is 2.19. The van der Waals surface area contributed by atoms with Crippen LogP contribution in [-0.4, -0.2) is 39.3 Å². The van der Waals surface area contributed by atoms with Gasteiger partial charge >= 0.3 is 0 Å². The Kier molecular flexibility index (Phi) is 6.45. The lowest BCUT2D eigenvalue weighted by Crippen LogP contribution is -2.26. The monoisotopic (exact) mass is 312 g/mol. The van der Waals surface area contributed by atoms with Crippen LogP contribution in [0.5, 0.6) is 0 Å². The van der Waals surface area contributed by atoms with Crippen LogP contribution in [0.3, 0.4) is 0 Å². The van der Waals surface area contributed by atoms with Crippen LogP contribution in [0, 0.1) is 0 Å². The standard InChI is InChI=1S/C15H24N4O.ClH/c1-4-18(5-2)11(3)12-7-6-8-13-14(12)19(9-10-20)15(16)17-13;/h6-8,11,20H,4-5,9-10H2,1-3H3,(H2,16,17);1H. The topological polar surface area (TPSA) is 67.3 Å². The van der Waals surface area contributed by atoms with Crippen molar-refractivity contribution in [2.24, 2.45) is 0 Å². The van der Waals surface area contributed by atoms with Gasteiger partial charge in [0.2, 0.25) is 5.95 Å². The molecule has 6 heteroatoms. The van der Waals surface area contributed by atoms with Crippen molar-refractivity contribution in [2.75, 3.05) is 25.4 Å². The third kappa shape index (κ3) is 3.31. The quantitative estimate of drug-likeness (QED) is 0.859. The Balaban J connectivity index is 0.00000220. The van der Waals surface area contributed by atoms with Crippen molar-refractivity contribution in [1.29, 1.82) is 0 Å². The summed E-state index contributed by atoms with van der Waals surface area (Å²) in [6.45, 7) is 9.07. The molecular weight excluding hydrogens is 288 g/mol. The van der Waals surface area contributed by atoms with Crippen molar-refractivity contribution in [2.45, 2.75) is 33.4 Å². The molecule has 0 fully saturated rings. The van der Waals surface area contributed by atoms with Crippen LogP contribution in [-0.2, 0) is 6.54 Å². The number of anilines is 1. The number of rotatable bonds is 6. The summed E-state index contributed by atoms with van der Waals surface area (Å²) in [5.74, 6) is 0.466. The number of hydrogen-bond donors (Lipinski definition) is 2. The number of nitrogen functional groups attached to an aromatic ring is 1. The Hall–Kier alpha value is -1.30. The second-order valence-corrected chi connectivity index (χ2v) is 4.96. The normalized spacial score (nSPS) is 12.6. The first kappa shape index (κ1) is 17.8. The highest BCUT2D eigenvalue weighted by Crippen LogP contribution is 2.29. The smallest absolute Gasteiger partial charge is 0.201 e. The van der Waals surface area contributed by atoms with Crippen LogP contribution in [0.25, 0.3) is 11.0 Å². The van der Waals surface area contributed by atoms with Gasteiger partial charge in [0, 0.05) is 12.6 Å². The fraction of sp³-hybridized carbons (Fsp3) is 0.533. The molecule has 3 N–H and O–H groups in total. The van der Waals surface area contributed by atoms with Crippen molar-refractivity contribution < 1.29 is 5.11 Å². The van der Waals surface area contributed by atoms with E-state index in [1.54, 1.807) is 0 Å². The third-order valence-corrected chi connectivity index (χ3v) is 3.96. The summed E-state index contributed by atoms with van der Waals surface area (Å²) in [7, 11) is 0. The Morgan fingerprint density at radius 3 is 2.57 bits per heavy atom. The molecule has 1 aromatic carbocycles. The van der Waals surface area contributed by atoms with E-state index in [2.05, 4.69) is 36.7 Å². The van der Waals surface area contributed by atoms with Gasteiger partial charge in [-0.1, -0.05) is 26.0 Å². The van der Waals surface area contributed by atoms with Gasteiger partial charge in [-0.15, -0.1) is 12.4 Å². The molecule has 2 rings (SSSR count). The molecule has 0 saturated carbocycles. The molecule has 1 aromatic heterocycles. The summed E-state index contributed by atoms with van der Waals surface area (Å²) in [6.07, 6.45) is 0. The zero-order valence-corrected chi connectivity index (χ0v) is 13.7.